The molecule has 1 saturated heterocycles. The summed E-state index contributed by atoms with van der Waals surface area (Å²) in [7, 11) is 0. The molecule has 0 saturated carbocycles. The van der Waals surface area contributed by atoms with Crippen LogP contribution in [0.2, 0.25) is 0 Å². The first-order valence-electron chi connectivity index (χ1n) is 13.5. The number of rotatable bonds is 9. The molecular weight excluding hydrogens is 530 g/mol. The highest BCUT2D eigenvalue weighted by Gasteiger charge is 2.24. The minimum absolute atomic E-state index is 0.0526. The van der Waals surface area contributed by atoms with Crippen LogP contribution in [0.4, 0.5) is 14.6 Å². The number of carbonyl (C=O) groups is 1. The Balaban J connectivity index is 1.61. The summed E-state index contributed by atoms with van der Waals surface area (Å²) in [6.07, 6.45) is 0.635. The normalized spacial score (nSPS) is 13.7. The van der Waals surface area contributed by atoms with Gasteiger partial charge in [-0.25, -0.2) is 22.7 Å². The molecule has 0 aliphatic carbocycles. The van der Waals surface area contributed by atoms with Crippen molar-refractivity contribution >= 4 is 11.7 Å². The van der Waals surface area contributed by atoms with Crippen LogP contribution in [0.1, 0.15) is 12.0 Å². The first kappa shape index (κ1) is 28.1. The summed E-state index contributed by atoms with van der Waals surface area (Å²) in [5.41, 5.74) is -0.227. The van der Waals surface area contributed by atoms with Crippen LogP contribution in [0, 0.1) is 11.6 Å². The monoisotopic (exact) mass is 560 g/mol. The predicted molar refractivity (Wildman–Crippen MR) is 152 cm³/mol. The Hall–Kier alpha value is -4.41. The smallest absolute Gasteiger partial charge is 0.341 e. The van der Waals surface area contributed by atoms with E-state index in [2.05, 4.69) is 4.90 Å². The molecule has 41 heavy (non-hydrogen) atoms. The molecule has 212 valence electrons. The molecule has 0 unspecified atom stereocenters. The van der Waals surface area contributed by atoms with E-state index in [1.54, 1.807) is 0 Å². The van der Waals surface area contributed by atoms with Crippen LogP contribution >= 0.6 is 0 Å². The van der Waals surface area contributed by atoms with E-state index in [1.807, 2.05) is 30.3 Å². The number of anilines is 1. The van der Waals surface area contributed by atoms with Crippen LogP contribution in [0.3, 0.4) is 0 Å². The third kappa shape index (κ3) is 6.67. The number of amides is 1. The van der Waals surface area contributed by atoms with Crippen molar-refractivity contribution in [3.63, 3.8) is 0 Å². The van der Waals surface area contributed by atoms with E-state index in [1.165, 1.54) is 51.9 Å². The summed E-state index contributed by atoms with van der Waals surface area (Å²) in [6, 6.07) is 20.6. The number of halogens is 2. The molecule has 1 fully saturated rings. The summed E-state index contributed by atoms with van der Waals surface area (Å²) in [4.78, 5) is 44.9. The molecule has 0 N–H and O–H groups in total. The van der Waals surface area contributed by atoms with Gasteiger partial charge in [-0.05, 0) is 60.5 Å². The highest BCUT2D eigenvalue weighted by Crippen LogP contribution is 2.20. The number of morpholine rings is 1. The van der Waals surface area contributed by atoms with Crippen LogP contribution in [-0.4, -0.2) is 59.3 Å². The van der Waals surface area contributed by atoms with Crippen LogP contribution < -0.4 is 16.1 Å². The van der Waals surface area contributed by atoms with E-state index in [9.17, 15) is 23.2 Å². The molecule has 3 aromatic carbocycles. The van der Waals surface area contributed by atoms with Crippen molar-refractivity contribution in [2.45, 2.75) is 12.8 Å². The van der Waals surface area contributed by atoms with Crippen molar-refractivity contribution in [1.29, 1.82) is 0 Å². The fraction of sp³-hybridized carbons (Fsp3) is 0.258. The second kappa shape index (κ2) is 12.8. The zero-order chi connectivity index (χ0) is 28.8. The van der Waals surface area contributed by atoms with Gasteiger partial charge in [-0.2, -0.15) is 0 Å². The summed E-state index contributed by atoms with van der Waals surface area (Å²) in [5.74, 6) is -1.24. The second-order valence-electron chi connectivity index (χ2n) is 9.76. The Labute approximate surface area is 235 Å². The molecule has 1 aliphatic heterocycles. The van der Waals surface area contributed by atoms with E-state index in [-0.39, 0.29) is 36.1 Å². The van der Waals surface area contributed by atoms with Crippen LogP contribution in [0.25, 0.3) is 11.4 Å². The number of ether oxygens (including phenoxy) is 1. The van der Waals surface area contributed by atoms with Crippen molar-refractivity contribution in [2.75, 3.05) is 44.3 Å². The summed E-state index contributed by atoms with van der Waals surface area (Å²) < 4.78 is 35.0. The quantitative estimate of drug-likeness (QED) is 0.313. The molecule has 1 amide bonds. The Kier molecular flexibility index (Phi) is 8.81. The zero-order valence-corrected chi connectivity index (χ0v) is 22.4. The van der Waals surface area contributed by atoms with Gasteiger partial charge < -0.3 is 4.74 Å². The maximum Gasteiger partial charge on any atom is 0.341 e. The first-order valence-corrected chi connectivity index (χ1v) is 13.5. The number of carbonyl (C=O) groups excluding carboxylic acids is 1. The highest BCUT2D eigenvalue weighted by atomic mass is 19.1. The lowest BCUT2D eigenvalue weighted by Gasteiger charge is -2.29. The van der Waals surface area contributed by atoms with E-state index in [0.717, 1.165) is 35.4 Å². The standard InChI is InChI=1S/C31H30F2N4O4/c32-24-7-11-26(12-8-24)36-28(22-30(39)37(31(36)40)27-13-9-25(33)10-14-27)35(16-4-15-34-17-19-41-20-18-34)29(38)21-23-5-2-1-3-6-23/h1-3,5-14,22H,4,15-21H2. The van der Waals surface area contributed by atoms with Crippen molar-refractivity contribution < 1.29 is 18.3 Å². The van der Waals surface area contributed by atoms with E-state index in [4.69, 9.17) is 4.74 Å². The summed E-state index contributed by atoms with van der Waals surface area (Å²) in [6.45, 7) is 3.79. The molecule has 0 bridgehead atoms. The fourth-order valence-corrected chi connectivity index (χ4v) is 4.90. The SMILES string of the molecule is O=C(Cc1ccccc1)N(CCCN1CCOCC1)c1cc(=O)n(-c2ccc(F)cc2)c(=O)n1-c1ccc(F)cc1. The lowest BCUT2D eigenvalue weighted by Crippen LogP contribution is -2.44. The number of aromatic nitrogens is 2. The van der Waals surface area contributed by atoms with Crippen LogP contribution in [0.5, 0.6) is 0 Å². The lowest BCUT2D eigenvalue weighted by molar-refractivity contribution is -0.118. The third-order valence-corrected chi connectivity index (χ3v) is 6.99. The Morgan fingerprint density at radius 1 is 0.805 bits per heavy atom. The first-order chi connectivity index (χ1) is 19.9. The van der Waals surface area contributed by atoms with E-state index >= 15 is 0 Å². The lowest BCUT2D eigenvalue weighted by atomic mass is 10.1. The third-order valence-electron chi connectivity index (χ3n) is 6.99. The number of hydrogen-bond donors (Lipinski definition) is 0. The van der Waals surface area contributed by atoms with Gasteiger partial charge in [0.25, 0.3) is 5.56 Å². The number of hydrogen-bond acceptors (Lipinski definition) is 5. The van der Waals surface area contributed by atoms with Gasteiger partial charge in [0.05, 0.1) is 31.0 Å². The minimum atomic E-state index is -0.767. The number of nitrogens with zero attached hydrogens (tertiary/aromatic N) is 4. The van der Waals surface area contributed by atoms with E-state index in [0.29, 0.717) is 26.2 Å². The average Bonchev–Trinajstić information content (AvgIpc) is 2.98. The molecule has 1 aliphatic rings. The van der Waals surface area contributed by atoms with Gasteiger partial charge in [-0.3, -0.25) is 19.4 Å². The van der Waals surface area contributed by atoms with Gasteiger partial charge >= 0.3 is 5.69 Å². The van der Waals surface area contributed by atoms with E-state index < -0.39 is 22.9 Å². The maximum atomic E-state index is 14.0. The molecule has 2 heterocycles. The molecule has 0 spiro atoms. The minimum Gasteiger partial charge on any atom is -0.379 e. The van der Waals surface area contributed by atoms with Crippen molar-refractivity contribution in [2.24, 2.45) is 0 Å². The van der Waals surface area contributed by atoms with Gasteiger partial charge in [0.2, 0.25) is 5.91 Å². The average molecular weight is 561 g/mol. The molecule has 10 heteroatoms. The highest BCUT2D eigenvalue weighted by molar-refractivity contribution is 5.94. The molecular formula is C31H30F2N4O4. The molecule has 0 atom stereocenters. The van der Waals surface area contributed by atoms with Gasteiger partial charge in [0.15, 0.2) is 0 Å². The van der Waals surface area contributed by atoms with Gasteiger partial charge in [-0.15, -0.1) is 0 Å². The molecule has 1 aromatic heterocycles. The topological polar surface area (TPSA) is 76.8 Å². The van der Waals surface area contributed by atoms with Gasteiger partial charge in [-0.1, -0.05) is 30.3 Å². The van der Waals surface area contributed by atoms with Crippen LogP contribution in [-0.2, 0) is 16.0 Å². The molecule has 8 nitrogen and oxygen atoms in total. The van der Waals surface area contributed by atoms with Crippen molar-refractivity contribution in [3.8, 4) is 11.4 Å². The Morgan fingerprint density at radius 3 is 2.00 bits per heavy atom. The van der Waals surface area contributed by atoms with Gasteiger partial charge in [0, 0.05) is 32.2 Å². The van der Waals surface area contributed by atoms with Gasteiger partial charge in [0.1, 0.15) is 17.5 Å². The largest absolute Gasteiger partial charge is 0.379 e. The summed E-state index contributed by atoms with van der Waals surface area (Å²) >= 11 is 0. The Morgan fingerprint density at radius 2 is 1.39 bits per heavy atom. The molecule has 4 aromatic rings. The summed E-state index contributed by atoms with van der Waals surface area (Å²) in [5, 5.41) is 0. The van der Waals surface area contributed by atoms with Crippen molar-refractivity contribution in [3.05, 3.63) is 123 Å². The molecule has 5 rings (SSSR count). The zero-order valence-electron chi connectivity index (χ0n) is 22.4. The fourth-order valence-electron chi connectivity index (χ4n) is 4.90. The number of benzene rings is 3. The second-order valence-corrected chi connectivity index (χ2v) is 9.76. The predicted octanol–water partition coefficient (Wildman–Crippen LogP) is 3.56. The van der Waals surface area contributed by atoms with Crippen molar-refractivity contribution in [1.82, 2.24) is 14.0 Å². The molecule has 0 radical (unpaired) electrons. The van der Waals surface area contributed by atoms with Crippen LogP contribution in [0.15, 0.2) is 94.5 Å². The maximum absolute atomic E-state index is 14.0. The Bertz CT molecular complexity index is 1600.